The summed E-state index contributed by atoms with van der Waals surface area (Å²) >= 11 is 0. The van der Waals surface area contributed by atoms with E-state index < -0.39 is 71.5 Å². The minimum atomic E-state index is -1.04. The number of rotatable bonds is 13. The molecule has 6 rings (SSSR count). The van der Waals surface area contributed by atoms with E-state index in [0.717, 1.165) is 5.56 Å². The summed E-state index contributed by atoms with van der Waals surface area (Å²) in [6.45, 7) is 13.4. The van der Waals surface area contributed by atoms with Crippen LogP contribution in [0.25, 0.3) is 22.4 Å². The maximum Gasteiger partial charge on any atom is 0.308 e. The fraction of sp³-hybridized carbons (Fsp3) is 0.362. The highest BCUT2D eigenvalue weighted by molar-refractivity contribution is 6.12. The highest BCUT2D eigenvalue weighted by atomic mass is 19.1. The minimum Gasteiger partial charge on any atom is -0.489 e. The first-order chi connectivity index (χ1) is 28.7. The van der Waals surface area contributed by atoms with Crippen LogP contribution >= 0.6 is 0 Å². The van der Waals surface area contributed by atoms with Crippen LogP contribution in [0.2, 0.25) is 0 Å². The molecule has 1 N–H and O–H groups in total. The first-order valence-corrected chi connectivity index (χ1v) is 19.0. The maximum absolute atomic E-state index is 14.9. The van der Waals surface area contributed by atoms with Gasteiger partial charge in [0.15, 0.2) is 5.79 Å². The lowest BCUT2D eigenvalue weighted by Crippen LogP contribution is -2.46. The number of carbonyl (C=O) groups excluding carboxylic acids is 2. The number of aromatic nitrogens is 1. The predicted molar refractivity (Wildman–Crippen MR) is 218 cm³/mol. The van der Waals surface area contributed by atoms with Crippen molar-refractivity contribution in [3.8, 4) is 28.1 Å². The third kappa shape index (κ3) is 10.3. The van der Waals surface area contributed by atoms with Crippen LogP contribution in [0, 0.1) is 5.82 Å². The summed E-state index contributed by atoms with van der Waals surface area (Å²) in [5.74, 6) is -2.28. The maximum atomic E-state index is 14.9. The molecule has 1 saturated heterocycles. The number of esters is 1. The van der Waals surface area contributed by atoms with Gasteiger partial charge in [0.1, 0.15) is 23.8 Å². The summed E-state index contributed by atoms with van der Waals surface area (Å²) in [5, 5.41) is 3.00. The molecule has 5 aromatic rings. The number of nitrogens with one attached hydrogen (secondary N) is 1. The lowest BCUT2D eigenvalue weighted by Gasteiger charge is -2.41. The lowest BCUT2D eigenvalue weighted by molar-refractivity contribution is -0.301. The van der Waals surface area contributed by atoms with Gasteiger partial charge in [-0.1, -0.05) is 74.4 Å². The average molecular weight is 766 g/mol. The minimum absolute atomic E-state index is 0.0201. The van der Waals surface area contributed by atoms with Crippen LogP contribution < -0.4 is 10.1 Å². The summed E-state index contributed by atoms with van der Waals surface area (Å²) in [6, 6.07) is 19.5. The fourth-order valence-corrected chi connectivity index (χ4v) is 7.16. The zero-order chi connectivity index (χ0) is 44.4. The molecule has 1 aliphatic rings. The van der Waals surface area contributed by atoms with E-state index in [1.54, 1.807) is 71.0 Å². The molecule has 0 unspecified atom stereocenters. The van der Waals surface area contributed by atoms with Crippen molar-refractivity contribution in [2.24, 2.45) is 0 Å². The van der Waals surface area contributed by atoms with Crippen LogP contribution in [-0.4, -0.2) is 40.0 Å². The smallest absolute Gasteiger partial charge is 0.308 e. The van der Waals surface area contributed by atoms with Crippen LogP contribution in [0.4, 0.5) is 10.1 Å². The molecule has 0 bridgehead atoms. The van der Waals surface area contributed by atoms with E-state index in [0.29, 0.717) is 47.8 Å². The van der Waals surface area contributed by atoms with Crippen LogP contribution in [0.5, 0.6) is 5.75 Å². The molecule has 1 aliphatic heterocycles. The summed E-state index contributed by atoms with van der Waals surface area (Å²) < 4.78 is 84.4. The average Bonchev–Trinajstić information content (AvgIpc) is 3.52. The van der Waals surface area contributed by atoms with Gasteiger partial charge in [-0.2, -0.15) is 0 Å². The molecule has 0 radical (unpaired) electrons. The number of benzene rings is 4. The summed E-state index contributed by atoms with van der Waals surface area (Å²) in [4.78, 5) is 27.8. The van der Waals surface area contributed by atoms with Crippen LogP contribution in [0.1, 0.15) is 102 Å². The van der Waals surface area contributed by atoms with Gasteiger partial charge in [-0.3, -0.25) is 9.59 Å². The van der Waals surface area contributed by atoms with Crippen molar-refractivity contribution in [2.75, 3.05) is 5.32 Å². The topological polar surface area (TPSA) is 88.0 Å². The van der Waals surface area contributed by atoms with E-state index in [4.69, 9.17) is 25.8 Å². The summed E-state index contributed by atoms with van der Waals surface area (Å²) in [6.07, 6.45) is -0.185. The Hall–Kier alpha value is -5.25. The molecule has 0 spiro atoms. The van der Waals surface area contributed by atoms with Crippen LogP contribution in [-0.2, 0) is 32.2 Å². The number of carbonyl (C=O) groups is 2. The quantitative estimate of drug-likeness (QED) is 0.120. The van der Waals surface area contributed by atoms with Crippen molar-refractivity contribution in [2.45, 2.75) is 110 Å². The normalized spacial score (nSPS) is 18.0. The standard InChI is InChI=1S/C47H53FN2O6/c1-31(2)43-42(45(52)49-36-22-24-37(25-23-36)53-30-32-14-10-8-11-15-32)41(33-16-12-9-13-17-33)44(34-18-20-35(48)21-19-34)50(43)27-26-38-28-39(55-47(6,7)54-38)29-40(51)56-46(3,4)5/h8-25,31,38-39H,26-30H2,1-7H3,(H,49,52)/t38-,39-/m1/s1/i9D,12D,13D,16D,17D. The van der Waals surface area contributed by atoms with Crippen LogP contribution in [0.3, 0.4) is 0 Å². The highest BCUT2D eigenvalue weighted by Crippen LogP contribution is 2.43. The van der Waals surface area contributed by atoms with Crippen molar-refractivity contribution >= 4 is 17.6 Å². The van der Waals surface area contributed by atoms with E-state index >= 15 is 0 Å². The van der Waals surface area contributed by atoms with Gasteiger partial charge in [-0.05, 0) is 112 Å². The Bertz CT molecular complexity index is 2350. The Labute approximate surface area is 337 Å². The van der Waals surface area contributed by atoms with Gasteiger partial charge in [0.2, 0.25) is 0 Å². The van der Waals surface area contributed by atoms with E-state index in [1.807, 2.05) is 48.7 Å². The predicted octanol–water partition coefficient (Wildman–Crippen LogP) is 10.9. The monoisotopic (exact) mass is 765 g/mol. The Kier molecular flexibility index (Phi) is 10.5. The molecule has 1 amide bonds. The van der Waals surface area contributed by atoms with Crippen LogP contribution in [0.15, 0.2) is 109 Å². The van der Waals surface area contributed by atoms with Gasteiger partial charge in [-0.15, -0.1) is 0 Å². The number of anilines is 1. The van der Waals surface area contributed by atoms with Gasteiger partial charge in [0, 0.05) is 29.9 Å². The molecule has 9 heteroatoms. The summed E-state index contributed by atoms with van der Waals surface area (Å²) in [5.41, 5.74) is 2.17. The van der Waals surface area contributed by atoms with E-state index in [9.17, 15) is 14.0 Å². The number of hydrogen-bond donors (Lipinski definition) is 1. The first kappa shape index (κ1) is 34.0. The number of nitrogens with zero attached hydrogens (tertiary/aromatic N) is 1. The molecule has 4 aromatic carbocycles. The molecule has 8 nitrogen and oxygen atoms in total. The Balaban J connectivity index is 1.46. The highest BCUT2D eigenvalue weighted by Gasteiger charge is 2.38. The number of hydrogen-bond acceptors (Lipinski definition) is 6. The van der Waals surface area contributed by atoms with Gasteiger partial charge < -0.3 is 28.8 Å². The number of halogens is 1. The van der Waals surface area contributed by atoms with Gasteiger partial charge >= 0.3 is 5.97 Å². The molecular weight excluding hydrogens is 708 g/mol. The second-order valence-corrected chi connectivity index (χ2v) is 15.7. The van der Waals surface area contributed by atoms with Crippen molar-refractivity contribution in [3.05, 3.63) is 132 Å². The van der Waals surface area contributed by atoms with Crippen molar-refractivity contribution in [1.29, 1.82) is 0 Å². The van der Waals surface area contributed by atoms with Gasteiger partial charge in [0.05, 0.1) is 36.7 Å². The molecule has 1 aromatic heterocycles. The first-order valence-electron chi connectivity index (χ1n) is 21.5. The molecular formula is C47H53FN2O6. The molecule has 2 atom stereocenters. The number of amides is 1. The number of ether oxygens (including phenoxy) is 4. The molecule has 294 valence electrons. The van der Waals surface area contributed by atoms with Gasteiger partial charge in [-0.25, -0.2) is 4.39 Å². The Morgan fingerprint density at radius 2 is 1.59 bits per heavy atom. The van der Waals surface area contributed by atoms with E-state index in [1.165, 1.54) is 12.1 Å². The third-order valence-electron chi connectivity index (χ3n) is 9.22. The van der Waals surface area contributed by atoms with E-state index in [-0.39, 0.29) is 35.6 Å². The zero-order valence-corrected chi connectivity index (χ0v) is 33.0. The van der Waals surface area contributed by atoms with Crippen molar-refractivity contribution in [1.82, 2.24) is 4.57 Å². The van der Waals surface area contributed by atoms with Crippen molar-refractivity contribution < 1.29 is 39.8 Å². The fourth-order valence-electron chi connectivity index (χ4n) is 7.16. The second kappa shape index (κ2) is 17.3. The molecule has 2 heterocycles. The molecule has 0 aliphatic carbocycles. The molecule has 56 heavy (non-hydrogen) atoms. The third-order valence-corrected chi connectivity index (χ3v) is 9.22. The Morgan fingerprint density at radius 3 is 2.23 bits per heavy atom. The Morgan fingerprint density at radius 1 is 0.929 bits per heavy atom. The largest absolute Gasteiger partial charge is 0.489 e. The molecule has 0 saturated carbocycles. The lowest BCUT2D eigenvalue weighted by atomic mass is 9.94. The van der Waals surface area contributed by atoms with E-state index in [2.05, 4.69) is 5.32 Å². The SMILES string of the molecule is [2H]c1c([2H])c([2H])c(-c2c(C(=O)Nc3ccc(OCc4ccccc4)cc3)c(C(C)C)n(CC[C@@H]3C[C@H](CC(=O)OC(C)(C)C)OC(C)(C)O3)c2-c2ccc(F)cc2)c([2H])c1[2H]. The van der Waals surface area contributed by atoms with Crippen molar-refractivity contribution in [3.63, 3.8) is 0 Å². The zero-order valence-electron chi connectivity index (χ0n) is 38.0. The second-order valence-electron chi connectivity index (χ2n) is 15.7. The van der Waals surface area contributed by atoms with Gasteiger partial charge in [0.25, 0.3) is 5.91 Å². The molecule has 1 fully saturated rings. The summed E-state index contributed by atoms with van der Waals surface area (Å²) in [7, 11) is 0.